The molecule has 0 aromatic heterocycles. The molecular weight excluding hydrogens is 262 g/mol. The minimum absolute atomic E-state index is 0.148. The van der Waals surface area contributed by atoms with Crippen LogP contribution in [0.5, 0.6) is 0 Å². The Bertz CT molecular complexity index is 429. The maximum atomic E-state index is 12.8. The Hall–Kier alpha value is -1.39. The van der Waals surface area contributed by atoms with E-state index < -0.39 is 5.54 Å². The summed E-state index contributed by atoms with van der Waals surface area (Å²) in [6.45, 7) is 8.96. The molecule has 118 valence electrons. The van der Waals surface area contributed by atoms with E-state index in [4.69, 9.17) is 0 Å². The van der Waals surface area contributed by atoms with Gasteiger partial charge in [-0.25, -0.2) is 0 Å². The zero-order valence-electron chi connectivity index (χ0n) is 14.0. The Morgan fingerprint density at radius 3 is 2.29 bits per heavy atom. The van der Waals surface area contributed by atoms with E-state index in [2.05, 4.69) is 22.3 Å². The highest BCUT2D eigenvalue weighted by Crippen LogP contribution is 2.12. The van der Waals surface area contributed by atoms with E-state index >= 15 is 0 Å². The molecule has 1 aromatic carbocycles. The molecule has 21 heavy (non-hydrogen) atoms. The summed E-state index contributed by atoms with van der Waals surface area (Å²) in [5.74, 6) is 0.148. The number of amides is 1. The Morgan fingerprint density at radius 1 is 1.14 bits per heavy atom. The standard InChI is InChI=1S/C17H29N3O/c1-6-18-17(2,3)16(21)20(13-12-19(4)5)14-15-10-8-7-9-11-15/h7-11,18H,6,12-14H2,1-5H3. The molecule has 1 N–H and O–H groups in total. The van der Waals surface area contributed by atoms with Gasteiger partial charge in [0.1, 0.15) is 0 Å². The fourth-order valence-electron chi connectivity index (χ4n) is 2.29. The largest absolute Gasteiger partial charge is 0.336 e. The van der Waals surface area contributed by atoms with Crippen molar-refractivity contribution in [3.05, 3.63) is 35.9 Å². The van der Waals surface area contributed by atoms with Crippen molar-refractivity contribution in [1.29, 1.82) is 0 Å². The topological polar surface area (TPSA) is 35.6 Å². The van der Waals surface area contributed by atoms with Crippen molar-refractivity contribution < 1.29 is 4.79 Å². The third kappa shape index (κ3) is 5.86. The molecule has 0 saturated carbocycles. The van der Waals surface area contributed by atoms with E-state index in [0.29, 0.717) is 6.54 Å². The first kappa shape index (κ1) is 17.7. The molecule has 1 aromatic rings. The predicted octanol–water partition coefficient (Wildman–Crippen LogP) is 1.96. The molecule has 0 aliphatic carbocycles. The lowest BCUT2D eigenvalue weighted by atomic mass is 10.0. The van der Waals surface area contributed by atoms with Crippen molar-refractivity contribution in [1.82, 2.24) is 15.1 Å². The van der Waals surface area contributed by atoms with Crippen molar-refractivity contribution in [2.24, 2.45) is 0 Å². The number of hydrogen-bond donors (Lipinski definition) is 1. The number of carbonyl (C=O) groups excluding carboxylic acids is 1. The first-order valence-corrected chi connectivity index (χ1v) is 7.60. The highest BCUT2D eigenvalue weighted by Gasteiger charge is 2.30. The second kappa shape index (κ2) is 8.15. The lowest BCUT2D eigenvalue weighted by Gasteiger charge is -2.33. The first-order chi connectivity index (χ1) is 9.86. The normalized spacial score (nSPS) is 11.7. The van der Waals surface area contributed by atoms with Gasteiger partial charge >= 0.3 is 0 Å². The van der Waals surface area contributed by atoms with Gasteiger partial charge in [0.2, 0.25) is 5.91 Å². The van der Waals surface area contributed by atoms with Crippen molar-refractivity contribution >= 4 is 5.91 Å². The van der Waals surface area contributed by atoms with E-state index in [1.807, 2.05) is 58.0 Å². The van der Waals surface area contributed by atoms with E-state index in [-0.39, 0.29) is 5.91 Å². The van der Waals surface area contributed by atoms with Gasteiger partial charge in [-0.15, -0.1) is 0 Å². The third-order valence-corrected chi connectivity index (χ3v) is 3.47. The third-order valence-electron chi connectivity index (χ3n) is 3.47. The van der Waals surface area contributed by atoms with Crippen LogP contribution in [0.1, 0.15) is 26.3 Å². The highest BCUT2D eigenvalue weighted by atomic mass is 16.2. The summed E-state index contributed by atoms with van der Waals surface area (Å²) in [5, 5.41) is 3.27. The van der Waals surface area contributed by atoms with Crippen LogP contribution < -0.4 is 5.32 Å². The molecule has 1 amide bonds. The maximum absolute atomic E-state index is 12.8. The van der Waals surface area contributed by atoms with Crippen LogP contribution in [0.15, 0.2) is 30.3 Å². The van der Waals surface area contributed by atoms with Gasteiger partial charge in [-0.3, -0.25) is 4.79 Å². The summed E-state index contributed by atoms with van der Waals surface area (Å²) in [6.07, 6.45) is 0. The molecule has 0 aliphatic rings. The second-order valence-corrected chi connectivity index (χ2v) is 6.17. The quantitative estimate of drug-likeness (QED) is 0.795. The zero-order chi connectivity index (χ0) is 15.9. The molecular formula is C17H29N3O. The number of benzene rings is 1. The van der Waals surface area contributed by atoms with Crippen molar-refractivity contribution in [2.45, 2.75) is 32.9 Å². The van der Waals surface area contributed by atoms with Gasteiger partial charge in [-0.05, 0) is 40.1 Å². The van der Waals surface area contributed by atoms with Crippen LogP contribution in [0.2, 0.25) is 0 Å². The summed E-state index contributed by atoms with van der Waals surface area (Å²) in [7, 11) is 4.06. The summed E-state index contributed by atoms with van der Waals surface area (Å²) >= 11 is 0. The smallest absolute Gasteiger partial charge is 0.242 e. The lowest BCUT2D eigenvalue weighted by Crippen LogP contribution is -2.54. The van der Waals surface area contributed by atoms with E-state index in [0.717, 1.165) is 25.2 Å². The van der Waals surface area contributed by atoms with E-state index in [1.165, 1.54) is 0 Å². The Labute approximate surface area is 129 Å². The van der Waals surface area contributed by atoms with Crippen LogP contribution in [-0.2, 0) is 11.3 Å². The van der Waals surface area contributed by atoms with Gasteiger partial charge in [0.05, 0.1) is 5.54 Å². The minimum Gasteiger partial charge on any atom is -0.336 e. The average Bonchev–Trinajstić information content (AvgIpc) is 2.43. The molecule has 1 rings (SSSR count). The first-order valence-electron chi connectivity index (χ1n) is 7.60. The van der Waals surface area contributed by atoms with Gasteiger partial charge in [0, 0.05) is 19.6 Å². The SMILES string of the molecule is CCNC(C)(C)C(=O)N(CCN(C)C)Cc1ccccc1. The molecule has 4 nitrogen and oxygen atoms in total. The number of nitrogens with zero attached hydrogens (tertiary/aromatic N) is 2. The van der Waals surface area contributed by atoms with Gasteiger partial charge in [0.25, 0.3) is 0 Å². The van der Waals surface area contributed by atoms with E-state index in [9.17, 15) is 4.79 Å². The molecule has 0 unspecified atom stereocenters. The fourth-order valence-corrected chi connectivity index (χ4v) is 2.29. The molecule has 4 heteroatoms. The number of carbonyl (C=O) groups is 1. The van der Waals surface area contributed by atoms with Crippen LogP contribution in [-0.4, -0.2) is 55.0 Å². The molecule has 0 spiro atoms. The predicted molar refractivity (Wildman–Crippen MR) is 88.2 cm³/mol. The molecule has 0 radical (unpaired) electrons. The molecule has 0 aliphatic heterocycles. The van der Waals surface area contributed by atoms with Crippen molar-refractivity contribution in [2.75, 3.05) is 33.7 Å². The maximum Gasteiger partial charge on any atom is 0.242 e. The second-order valence-electron chi connectivity index (χ2n) is 6.17. The van der Waals surface area contributed by atoms with Crippen molar-refractivity contribution in [3.63, 3.8) is 0 Å². The van der Waals surface area contributed by atoms with Gasteiger partial charge in [-0.2, -0.15) is 0 Å². The summed E-state index contributed by atoms with van der Waals surface area (Å²) in [4.78, 5) is 16.9. The number of hydrogen-bond acceptors (Lipinski definition) is 3. The number of likely N-dealkylation sites (N-methyl/N-ethyl adjacent to an activating group) is 2. The van der Waals surface area contributed by atoms with Crippen LogP contribution in [0.3, 0.4) is 0 Å². The van der Waals surface area contributed by atoms with Gasteiger partial charge in [0.15, 0.2) is 0 Å². The number of rotatable bonds is 8. The lowest BCUT2D eigenvalue weighted by molar-refractivity contribution is -0.137. The van der Waals surface area contributed by atoms with Crippen LogP contribution in [0.4, 0.5) is 0 Å². The van der Waals surface area contributed by atoms with E-state index in [1.54, 1.807) is 0 Å². The molecule has 0 saturated heterocycles. The van der Waals surface area contributed by atoms with Gasteiger partial charge < -0.3 is 15.1 Å². The number of nitrogens with one attached hydrogen (secondary N) is 1. The molecule has 0 atom stereocenters. The molecule has 0 heterocycles. The fraction of sp³-hybridized carbons (Fsp3) is 0.588. The monoisotopic (exact) mass is 291 g/mol. The summed E-state index contributed by atoms with van der Waals surface area (Å²) < 4.78 is 0. The summed E-state index contributed by atoms with van der Waals surface area (Å²) in [5.41, 5.74) is 0.632. The Kier molecular flexibility index (Phi) is 6.85. The highest BCUT2D eigenvalue weighted by molar-refractivity contribution is 5.85. The minimum atomic E-state index is -0.532. The van der Waals surface area contributed by atoms with Gasteiger partial charge in [-0.1, -0.05) is 37.3 Å². The Morgan fingerprint density at radius 2 is 1.76 bits per heavy atom. The Balaban J connectivity index is 2.83. The average molecular weight is 291 g/mol. The summed E-state index contributed by atoms with van der Waals surface area (Å²) in [6, 6.07) is 10.2. The molecule has 0 fully saturated rings. The zero-order valence-corrected chi connectivity index (χ0v) is 14.0. The van der Waals surface area contributed by atoms with Crippen LogP contribution >= 0.6 is 0 Å². The van der Waals surface area contributed by atoms with Crippen LogP contribution in [0.25, 0.3) is 0 Å². The van der Waals surface area contributed by atoms with Crippen LogP contribution in [0, 0.1) is 0 Å². The molecule has 0 bridgehead atoms. The van der Waals surface area contributed by atoms with Crippen molar-refractivity contribution in [3.8, 4) is 0 Å².